The molecule has 136 valence electrons. The molecule has 0 saturated heterocycles. The molecular formula is C17H19N5O4. The number of nitro benzene ring substituents is 1. The van der Waals surface area contributed by atoms with Crippen molar-refractivity contribution < 1.29 is 14.5 Å². The van der Waals surface area contributed by atoms with E-state index in [-0.39, 0.29) is 25.4 Å². The van der Waals surface area contributed by atoms with Crippen LogP contribution >= 0.6 is 0 Å². The maximum atomic E-state index is 12.0. The molecule has 2 aromatic carbocycles. The summed E-state index contributed by atoms with van der Waals surface area (Å²) in [7, 11) is 0. The molecule has 0 aliphatic carbocycles. The standard InChI is InChI=1S/C16H15N5O4.CH4/c17-20-18-11-13(10-12-4-2-1-3-5-12)19-16(22)25-15-8-6-14(7-9-15)21(23)24;/h1-9,13H,10-11H2,(H,19,22);1H4/t13-;/m0./s1. The quantitative estimate of drug-likeness (QED) is 0.261. The number of carbonyl (C=O) groups is 1. The van der Waals surface area contributed by atoms with Crippen molar-refractivity contribution in [1.82, 2.24) is 5.32 Å². The molecule has 2 rings (SSSR count). The van der Waals surface area contributed by atoms with Gasteiger partial charge in [-0.3, -0.25) is 10.1 Å². The number of benzene rings is 2. The number of amides is 1. The molecule has 0 fully saturated rings. The molecule has 0 aliphatic heterocycles. The molecule has 2 aromatic rings. The summed E-state index contributed by atoms with van der Waals surface area (Å²) in [5, 5.41) is 16.7. The maximum absolute atomic E-state index is 12.0. The van der Waals surface area contributed by atoms with Crippen LogP contribution in [0.5, 0.6) is 5.75 Å². The first-order valence-corrected chi connectivity index (χ1v) is 7.36. The van der Waals surface area contributed by atoms with Crippen LogP contribution in [0.25, 0.3) is 10.4 Å². The number of nitrogens with zero attached hydrogens (tertiary/aromatic N) is 4. The van der Waals surface area contributed by atoms with Crippen molar-refractivity contribution in [3.05, 3.63) is 80.7 Å². The number of azide groups is 1. The van der Waals surface area contributed by atoms with Gasteiger partial charge in [0.2, 0.25) is 0 Å². The van der Waals surface area contributed by atoms with Crippen molar-refractivity contribution in [2.75, 3.05) is 6.54 Å². The Morgan fingerprint density at radius 2 is 1.88 bits per heavy atom. The highest BCUT2D eigenvalue weighted by Crippen LogP contribution is 2.17. The van der Waals surface area contributed by atoms with Crippen molar-refractivity contribution in [3.8, 4) is 5.75 Å². The van der Waals surface area contributed by atoms with E-state index in [1.165, 1.54) is 24.3 Å². The minimum Gasteiger partial charge on any atom is -0.410 e. The highest BCUT2D eigenvalue weighted by atomic mass is 16.6. The Balaban J connectivity index is 0.00000338. The monoisotopic (exact) mass is 357 g/mol. The van der Waals surface area contributed by atoms with Crippen molar-refractivity contribution in [3.63, 3.8) is 0 Å². The van der Waals surface area contributed by atoms with E-state index >= 15 is 0 Å². The topological polar surface area (TPSA) is 130 Å². The molecule has 1 amide bonds. The van der Waals surface area contributed by atoms with Gasteiger partial charge in [-0.05, 0) is 29.6 Å². The van der Waals surface area contributed by atoms with Gasteiger partial charge >= 0.3 is 6.09 Å². The second-order valence-electron chi connectivity index (χ2n) is 5.08. The summed E-state index contributed by atoms with van der Waals surface area (Å²) in [6, 6.07) is 14.1. The largest absolute Gasteiger partial charge is 0.412 e. The van der Waals surface area contributed by atoms with Gasteiger partial charge in [-0.15, -0.1) is 0 Å². The number of hydrogen-bond acceptors (Lipinski definition) is 5. The van der Waals surface area contributed by atoms with E-state index in [4.69, 9.17) is 10.3 Å². The van der Waals surface area contributed by atoms with Crippen molar-refractivity contribution in [2.24, 2.45) is 5.11 Å². The average Bonchev–Trinajstić information content (AvgIpc) is 2.61. The van der Waals surface area contributed by atoms with Crippen LogP contribution < -0.4 is 10.1 Å². The second kappa shape index (κ2) is 10.3. The lowest BCUT2D eigenvalue weighted by atomic mass is 10.1. The normalized spacial score (nSPS) is 10.6. The maximum Gasteiger partial charge on any atom is 0.412 e. The first-order chi connectivity index (χ1) is 12.1. The lowest BCUT2D eigenvalue weighted by molar-refractivity contribution is -0.384. The van der Waals surface area contributed by atoms with E-state index in [1.54, 1.807) is 0 Å². The molecule has 26 heavy (non-hydrogen) atoms. The van der Waals surface area contributed by atoms with E-state index in [9.17, 15) is 14.9 Å². The van der Waals surface area contributed by atoms with Crippen molar-refractivity contribution >= 4 is 11.8 Å². The Hall–Kier alpha value is -3.58. The van der Waals surface area contributed by atoms with E-state index in [2.05, 4.69) is 15.3 Å². The second-order valence-corrected chi connectivity index (χ2v) is 5.08. The van der Waals surface area contributed by atoms with Crippen LogP contribution in [0, 0.1) is 10.1 Å². The third kappa shape index (κ3) is 6.50. The molecule has 0 aliphatic rings. The van der Waals surface area contributed by atoms with E-state index in [0.717, 1.165) is 5.56 Å². The molecule has 0 spiro atoms. The van der Waals surface area contributed by atoms with Gasteiger partial charge < -0.3 is 10.1 Å². The van der Waals surface area contributed by atoms with Crippen LogP contribution in [0.3, 0.4) is 0 Å². The minimum atomic E-state index is -0.733. The zero-order valence-electron chi connectivity index (χ0n) is 13.1. The number of nitro groups is 1. The first-order valence-electron chi connectivity index (χ1n) is 7.36. The molecule has 1 atom stereocenters. The predicted octanol–water partition coefficient (Wildman–Crippen LogP) is 4.24. The van der Waals surface area contributed by atoms with Gasteiger partial charge in [0.15, 0.2) is 0 Å². The van der Waals surface area contributed by atoms with Crippen LogP contribution in [0.1, 0.15) is 13.0 Å². The molecule has 0 saturated carbocycles. The lowest BCUT2D eigenvalue weighted by Gasteiger charge is -2.16. The summed E-state index contributed by atoms with van der Waals surface area (Å²) in [6.45, 7) is 0.0702. The fourth-order valence-electron chi connectivity index (χ4n) is 2.13. The van der Waals surface area contributed by atoms with Crippen LogP contribution in [-0.2, 0) is 6.42 Å². The molecule has 9 heteroatoms. The summed E-state index contributed by atoms with van der Waals surface area (Å²) in [6.07, 6.45) is -0.266. The number of ether oxygens (including phenoxy) is 1. The fraction of sp³-hybridized carbons (Fsp3) is 0.235. The van der Waals surface area contributed by atoms with Gasteiger partial charge in [0.1, 0.15) is 5.75 Å². The summed E-state index contributed by atoms with van der Waals surface area (Å²) >= 11 is 0. The molecule has 0 radical (unpaired) electrons. The number of nitrogens with one attached hydrogen (secondary N) is 1. The Kier molecular flexibility index (Phi) is 8.12. The first kappa shape index (κ1) is 20.5. The predicted molar refractivity (Wildman–Crippen MR) is 96.9 cm³/mol. The van der Waals surface area contributed by atoms with Crippen molar-refractivity contribution in [2.45, 2.75) is 19.9 Å². The highest BCUT2D eigenvalue weighted by molar-refractivity contribution is 5.70. The van der Waals surface area contributed by atoms with E-state index in [1.807, 2.05) is 30.3 Å². The fourth-order valence-corrected chi connectivity index (χ4v) is 2.13. The molecule has 9 nitrogen and oxygen atoms in total. The number of non-ortho nitro benzene ring substituents is 1. The van der Waals surface area contributed by atoms with Crippen LogP contribution in [0.15, 0.2) is 59.7 Å². The zero-order valence-corrected chi connectivity index (χ0v) is 13.1. The smallest absolute Gasteiger partial charge is 0.410 e. The Morgan fingerprint density at radius 3 is 2.46 bits per heavy atom. The zero-order chi connectivity index (χ0) is 18.1. The Morgan fingerprint density at radius 1 is 1.23 bits per heavy atom. The number of carbonyl (C=O) groups excluding carboxylic acids is 1. The summed E-state index contributed by atoms with van der Waals surface area (Å²) in [5.74, 6) is 0.172. The SMILES string of the molecule is C.[N-]=[N+]=NC[C@H](Cc1ccccc1)NC(=O)Oc1ccc([N+](=O)[O-])cc1. The molecule has 0 aromatic heterocycles. The number of rotatable bonds is 7. The molecular weight excluding hydrogens is 338 g/mol. The third-order valence-electron chi connectivity index (χ3n) is 3.27. The molecule has 1 N–H and O–H groups in total. The van der Waals surface area contributed by atoms with Gasteiger partial charge in [0.05, 0.1) is 4.92 Å². The van der Waals surface area contributed by atoms with Crippen LogP contribution in [0.4, 0.5) is 10.5 Å². The van der Waals surface area contributed by atoms with E-state index < -0.39 is 17.1 Å². The summed E-state index contributed by atoms with van der Waals surface area (Å²) in [4.78, 5) is 24.8. The van der Waals surface area contributed by atoms with Crippen LogP contribution in [-0.4, -0.2) is 23.6 Å². The van der Waals surface area contributed by atoms with Gasteiger partial charge in [0, 0.05) is 29.6 Å². The van der Waals surface area contributed by atoms with Gasteiger partial charge in [-0.25, -0.2) is 4.79 Å². The Labute approximate surface area is 150 Å². The summed E-state index contributed by atoms with van der Waals surface area (Å²) in [5.41, 5.74) is 9.35. The van der Waals surface area contributed by atoms with Gasteiger partial charge in [0.25, 0.3) is 5.69 Å². The average molecular weight is 357 g/mol. The number of hydrogen-bond donors (Lipinski definition) is 1. The lowest BCUT2D eigenvalue weighted by Crippen LogP contribution is -2.40. The van der Waals surface area contributed by atoms with Crippen molar-refractivity contribution in [1.29, 1.82) is 0 Å². The molecule has 0 bridgehead atoms. The van der Waals surface area contributed by atoms with E-state index in [0.29, 0.717) is 6.42 Å². The molecule has 0 heterocycles. The van der Waals surface area contributed by atoms with Crippen LogP contribution in [0.2, 0.25) is 0 Å². The molecule has 0 unspecified atom stereocenters. The van der Waals surface area contributed by atoms with Gasteiger partial charge in [-0.1, -0.05) is 42.9 Å². The highest BCUT2D eigenvalue weighted by Gasteiger charge is 2.14. The van der Waals surface area contributed by atoms with Gasteiger partial charge in [-0.2, -0.15) is 0 Å². The minimum absolute atomic E-state index is 0. The summed E-state index contributed by atoms with van der Waals surface area (Å²) < 4.78 is 5.09. The third-order valence-corrected chi connectivity index (χ3v) is 3.27. The Bertz CT molecular complexity index is 774.